The summed E-state index contributed by atoms with van der Waals surface area (Å²) in [5, 5.41) is 0. The van der Waals surface area contributed by atoms with Crippen LogP contribution in [0.2, 0.25) is 0 Å². The minimum Gasteiger partial charge on any atom is -0.467 e. The molecule has 0 aliphatic rings. The molecular formula is C14H18N2O. The zero-order valence-electron chi connectivity index (χ0n) is 10.3. The summed E-state index contributed by atoms with van der Waals surface area (Å²) in [6.07, 6.45) is 1.68. The van der Waals surface area contributed by atoms with Crippen LogP contribution in [0.4, 0.5) is 5.69 Å². The van der Waals surface area contributed by atoms with Gasteiger partial charge in [0.2, 0.25) is 0 Å². The largest absolute Gasteiger partial charge is 0.467 e. The molecule has 1 aromatic carbocycles. The molecule has 1 unspecified atom stereocenters. The molecule has 0 saturated carbocycles. The van der Waals surface area contributed by atoms with Gasteiger partial charge in [0.25, 0.3) is 0 Å². The van der Waals surface area contributed by atoms with Crippen LogP contribution < -0.4 is 10.6 Å². The van der Waals surface area contributed by atoms with Gasteiger partial charge in [-0.15, -0.1) is 0 Å². The van der Waals surface area contributed by atoms with Crippen molar-refractivity contribution in [3.05, 3.63) is 54.0 Å². The van der Waals surface area contributed by atoms with E-state index in [-0.39, 0.29) is 6.04 Å². The Morgan fingerprint density at radius 1 is 1.24 bits per heavy atom. The zero-order valence-corrected chi connectivity index (χ0v) is 10.3. The van der Waals surface area contributed by atoms with Gasteiger partial charge >= 0.3 is 0 Å². The molecule has 0 aliphatic heterocycles. The summed E-state index contributed by atoms with van der Waals surface area (Å²) in [6, 6.07) is 12.3. The second-order valence-corrected chi connectivity index (χ2v) is 4.21. The molecular weight excluding hydrogens is 212 g/mol. The minimum atomic E-state index is 0.0766. The summed E-state index contributed by atoms with van der Waals surface area (Å²) < 4.78 is 5.43. The van der Waals surface area contributed by atoms with Crippen LogP contribution >= 0.6 is 0 Å². The van der Waals surface area contributed by atoms with Crippen LogP contribution in [-0.2, 0) is 0 Å². The van der Waals surface area contributed by atoms with Crippen LogP contribution in [-0.4, -0.2) is 13.6 Å². The van der Waals surface area contributed by atoms with Crippen molar-refractivity contribution >= 4 is 5.69 Å². The Morgan fingerprint density at radius 2 is 1.94 bits per heavy atom. The summed E-state index contributed by atoms with van der Waals surface area (Å²) in [4.78, 5) is 2.14. The lowest BCUT2D eigenvalue weighted by molar-refractivity contribution is 0.460. The standard InChI is InChI=1S/C14H18N2O/c1-11-5-7-12(8-6-11)16(2)13(10-15)14-4-3-9-17-14/h3-9,13H,10,15H2,1-2H3. The van der Waals surface area contributed by atoms with Crippen LogP contribution in [0.1, 0.15) is 17.4 Å². The Balaban J connectivity index is 2.23. The maximum absolute atomic E-state index is 5.83. The second kappa shape index (κ2) is 5.06. The predicted octanol–water partition coefficient (Wildman–Crippen LogP) is 2.72. The van der Waals surface area contributed by atoms with E-state index in [0.717, 1.165) is 11.4 Å². The molecule has 17 heavy (non-hydrogen) atoms. The lowest BCUT2D eigenvalue weighted by Crippen LogP contribution is -2.30. The minimum absolute atomic E-state index is 0.0766. The monoisotopic (exact) mass is 230 g/mol. The molecule has 2 aromatic rings. The van der Waals surface area contributed by atoms with Gasteiger partial charge in [0, 0.05) is 19.3 Å². The number of likely N-dealkylation sites (N-methyl/N-ethyl adjacent to an activating group) is 1. The van der Waals surface area contributed by atoms with Gasteiger partial charge in [0.15, 0.2) is 0 Å². The summed E-state index contributed by atoms with van der Waals surface area (Å²) in [5.74, 6) is 0.899. The Bertz CT molecular complexity index is 448. The first kappa shape index (κ1) is 11.7. The van der Waals surface area contributed by atoms with E-state index in [9.17, 15) is 0 Å². The molecule has 2 N–H and O–H groups in total. The van der Waals surface area contributed by atoms with Crippen molar-refractivity contribution in [1.29, 1.82) is 0 Å². The van der Waals surface area contributed by atoms with E-state index in [2.05, 4.69) is 36.1 Å². The predicted molar refractivity (Wildman–Crippen MR) is 70.1 cm³/mol. The molecule has 0 saturated heterocycles. The quantitative estimate of drug-likeness (QED) is 0.878. The van der Waals surface area contributed by atoms with E-state index >= 15 is 0 Å². The molecule has 0 spiro atoms. The first-order valence-electron chi connectivity index (χ1n) is 5.75. The normalized spacial score (nSPS) is 12.4. The van der Waals surface area contributed by atoms with E-state index in [1.54, 1.807) is 6.26 Å². The van der Waals surface area contributed by atoms with Gasteiger partial charge in [-0.25, -0.2) is 0 Å². The third kappa shape index (κ3) is 2.50. The van der Waals surface area contributed by atoms with Crippen molar-refractivity contribution in [3.8, 4) is 0 Å². The smallest absolute Gasteiger partial charge is 0.127 e. The highest BCUT2D eigenvalue weighted by Crippen LogP contribution is 2.25. The van der Waals surface area contributed by atoms with Crippen LogP contribution in [0.3, 0.4) is 0 Å². The number of nitrogens with zero attached hydrogens (tertiary/aromatic N) is 1. The van der Waals surface area contributed by atoms with E-state index in [1.807, 2.05) is 19.2 Å². The van der Waals surface area contributed by atoms with E-state index in [0.29, 0.717) is 6.54 Å². The maximum atomic E-state index is 5.83. The van der Waals surface area contributed by atoms with Gasteiger partial charge in [-0.1, -0.05) is 17.7 Å². The Morgan fingerprint density at radius 3 is 2.47 bits per heavy atom. The van der Waals surface area contributed by atoms with Crippen LogP contribution in [0.15, 0.2) is 47.1 Å². The third-order valence-electron chi connectivity index (χ3n) is 3.00. The summed E-state index contributed by atoms with van der Waals surface area (Å²) in [5.41, 5.74) is 8.23. The first-order valence-corrected chi connectivity index (χ1v) is 5.75. The second-order valence-electron chi connectivity index (χ2n) is 4.21. The van der Waals surface area contributed by atoms with Crippen molar-refractivity contribution in [1.82, 2.24) is 0 Å². The van der Waals surface area contributed by atoms with Crippen molar-refractivity contribution in [2.75, 3.05) is 18.5 Å². The van der Waals surface area contributed by atoms with E-state index < -0.39 is 0 Å². The van der Waals surface area contributed by atoms with Crippen molar-refractivity contribution < 1.29 is 4.42 Å². The summed E-state index contributed by atoms with van der Waals surface area (Å²) in [6.45, 7) is 2.61. The highest BCUT2D eigenvalue weighted by Gasteiger charge is 2.18. The van der Waals surface area contributed by atoms with E-state index in [4.69, 9.17) is 10.2 Å². The average molecular weight is 230 g/mol. The molecule has 0 radical (unpaired) electrons. The van der Waals surface area contributed by atoms with Crippen molar-refractivity contribution in [2.24, 2.45) is 5.73 Å². The van der Waals surface area contributed by atoms with Crippen molar-refractivity contribution in [3.63, 3.8) is 0 Å². The summed E-state index contributed by atoms with van der Waals surface area (Å²) >= 11 is 0. The number of aryl methyl sites for hydroxylation is 1. The molecule has 3 heteroatoms. The maximum Gasteiger partial charge on any atom is 0.127 e. The molecule has 3 nitrogen and oxygen atoms in total. The lowest BCUT2D eigenvalue weighted by Gasteiger charge is -2.27. The zero-order chi connectivity index (χ0) is 12.3. The van der Waals surface area contributed by atoms with Gasteiger partial charge in [-0.2, -0.15) is 0 Å². The van der Waals surface area contributed by atoms with Crippen LogP contribution in [0.25, 0.3) is 0 Å². The Hall–Kier alpha value is -1.74. The number of anilines is 1. The molecule has 1 heterocycles. The molecule has 90 valence electrons. The van der Waals surface area contributed by atoms with Crippen molar-refractivity contribution in [2.45, 2.75) is 13.0 Å². The van der Waals surface area contributed by atoms with Gasteiger partial charge in [-0.3, -0.25) is 0 Å². The summed E-state index contributed by atoms with van der Waals surface area (Å²) in [7, 11) is 2.03. The van der Waals surface area contributed by atoms with Gasteiger partial charge < -0.3 is 15.1 Å². The number of nitrogens with two attached hydrogens (primary N) is 1. The van der Waals surface area contributed by atoms with Gasteiger partial charge in [0.1, 0.15) is 5.76 Å². The fraction of sp³-hybridized carbons (Fsp3) is 0.286. The molecule has 1 atom stereocenters. The average Bonchev–Trinajstić information content (AvgIpc) is 2.84. The molecule has 2 rings (SSSR count). The first-order chi connectivity index (χ1) is 8.22. The lowest BCUT2D eigenvalue weighted by atomic mass is 10.1. The molecule has 0 fully saturated rings. The number of benzene rings is 1. The molecule has 0 amide bonds. The van der Waals surface area contributed by atoms with E-state index in [1.165, 1.54) is 5.56 Å². The Labute approximate surface area is 102 Å². The number of rotatable bonds is 4. The van der Waals surface area contributed by atoms with Crippen LogP contribution in [0.5, 0.6) is 0 Å². The molecule has 0 bridgehead atoms. The SMILES string of the molecule is Cc1ccc(N(C)C(CN)c2ccco2)cc1. The topological polar surface area (TPSA) is 42.4 Å². The van der Waals surface area contributed by atoms with Crippen LogP contribution in [0, 0.1) is 6.92 Å². The highest BCUT2D eigenvalue weighted by atomic mass is 16.3. The number of furan rings is 1. The fourth-order valence-electron chi connectivity index (χ4n) is 1.91. The number of hydrogen-bond acceptors (Lipinski definition) is 3. The molecule has 0 aliphatic carbocycles. The fourth-order valence-corrected chi connectivity index (χ4v) is 1.91. The van der Waals surface area contributed by atoms with Gasteiger partial charge in [0.05, 0.1) is 12.3 Å². The highest BCUT2D eigenvalue weighted by molar-refractivity contribution is 5.48. The van der Waals surface area contributed by atoms with Gasteiger partial charge in [-0.05, 0) is 31.2 Å². The third-order valence-corrected chi connectivity index (χ3v) is 3.00. The Kier molecular flexibility index (Phi) is 3.49. The molecule has 1 aromatic heterocycles. The number of hydrogen-bond donors (Lipinski definition) is 1.